The molecule has 5 nitrogen and oxygen atoms in total. The molecule has 1 heterocycles. The number of ether oxygens (including phenoxy) is 2. The first-order chi connectivity index (χ1) is 11.1. The number of halogens is 1. The highest BCUT2D eigenvalue weighted by atomic mass is 35.5. The number of nitrogens with one attached hydrogen (secondary N) is 1. The van der Waals surface area contributed by atoms with Gasteiger partial charge < -0.3 is 19.7 Å². The molecular weight excluding hydrogens is 328 g/mol. The van der Waals surface area contributed by atoms with Gasteiger partial charge in [-0.05, 0) is 57.0 Å². The largest absolute Gasteiger partial charge is 0.497 e. The summed E-state index contributed by atoms with van der Waals surface area (Å²) < 4.78 is 11.0. The zero-order chi connectivity index (χ0) is 16.7. The maximum atomic E-state index is 12.5. The van der Waals surface area contributed by atoms with E-state index < -0.39 is 6.10 Å². The Balaban J connectivity index is 0.00000288. The molecule has 0 bridgehead atoms. The van der Waals surface area contributed by atoms with Crippen molar-refractivity contribution in [2.24, 2.45) is 5.92 Å². The molecule has 1 aromatic carbocycles. The number of amides is 1. The molecule has 0 aliphatic carbocycles. The fourth-order valence-corrected chi connectivity index (χ4v) is 2.96. The van der Waals surface area contributed by atoms with E-state index in [9.17, 15) is 4.79 Å². The maximum Gasteiger partial charge on any atom is 0.251 e. The Morgan fingerprint density at radius 3 is 2.71 bits per heavy atom. The number of hydrogen-bond acceptors (Lipinski definition) is 4. The smallest absolute Gasteiger partial charge is 0.251 e. The molecule has 1 aliphatic heterocycles. The van der Waals surface area contributed by atoms with Crippen LogP contribution in [-0.4, -0.2) is 50.7 Å². The van der Waals surface area contributed by atoms with E-state index in [0.717, 1.165) is 43.8 Å². The molecule has 136 valence electrons. The number of piperidine rings is 1. The van der Waals surface area contributed by atoms with Crippen molar-refractivity contribution in [1.29, 1.82) is 0 Å². The Bertz CT molecular complexity index is 505. The summed E-state index contributed by atoms with van der Waals surface area (Å²) in [5.74, 6) is 1.57. The van der Waals surface area contributed by atoms with E-state index in [-0.39, 0.29) is 18.3 Å². The van der Waals surface area contributed by atoms with Gasteiger partial charge in [0.05, 0.1) is 13.7 Å². The molecule has 1 N–H and O–H groups in total. The summed E-state index contributed by atoms with van der Waals surface area (Å²) in [6.45, 7) is 4.95. The first kappa shape index (κ1) is 20.7. The molecule has 0 radical (unpaired) electrons. The van der Waals surface area contributed by atoms with Crippen LogP contribution in [0.5, 0.6) is 5.75 Å². The lowest BCUT2D eigenvalue weighted by Crippen LogP contribution is -2.44. The molecule has 0 saturated carbocycles. The van der Waals surface area contributed by atoms with Crippen molar-refractivity contribution < 1.29 is 14.3 Å². The van der Waals surface area contributed by atoms with E-state index in [0.29, 0.717) is 12.5 Å². The summed E-state index contributed by atoms with van der Waals surface area (Å²) in [6.07, 6.45) is 1.71. The van der Waals surface area contributed by atoms with E-state index in [4.69, 9.17) is 9.47 Å². The SMILES string of the molecule is CNCC1CCN(C(=O)C(C)OCc2cccc(OC)c2)CC1.Cl. The predicted octanol–water partition coefficient (Wildman–Crippen LogP) is 2.48. The van der Waals surface area contributed by atoms with Gasteiger partial charge in [-0.25, -0.2) is 0 Å². The molecule has 6 heteroatoms. The lowest BCUT2D eigenvalue weighted by molar-refractivity contribution is -0.144. The molecule has 1 atom stereocenters. The van der Waals surface area contributed by atoms with Gasteiger partial charge in [0.25, 0.3) is 5.91 Å². The number of methoxy groups -OCH3 is 1. The number of benzene rings is 1. The average Bonchev–Trinajstić information content (AvgIpc) is 2.60. The van der Waals surface area contributed by atoms with Crippen molar-refractivity contribution in [1.82, 2.24) is 10.2 Å². The first-order valence-electron chi connectivity index (χ1n) is 8.32. The summed E-state index contributed by atoms with van der Waals surface area (Å²) >= 11 is 0. The van der Waals surface area contributed by atoms with Gasteiger partial charge >= 0.3 is 0 Å². The number of carbonyl (C=O) groups is 1. The maximum absolute atomic E-state index is 12.5. The number of likely N-dealkylation sites (tertiary alicyclic amines) is 1. The molecule has 1 fully saturated rings. The fraction of sp³-hybridized carbons (Fsp3) is 0.611. The van der Waals surface area contributed by atoms with Crippen LogP contribution in [0.25, 0.3) is 0 Å². The van der Waals surface area contributed by atoms with Gasteiger partial charge in [-0.2, -0.15) is 0 Å². The Morgan fingerprint density at radius 2 is 2.08 bits per heavy atom. The number of nitrogens with zero attached hydrogens (tertiary/aromatic N) is 1. The molecular formula is C18H29ClN2O3. The third-order valence-corrected chi connectivity index (χ3v) is 4.40. The van der Waals surface area contributed by atoms with E-state index in [1.807, 2.05) is 43.1 Å². The highest BCUT2D eigenvalue weighted by Crippen LogP contribution is 2.18. The number of hydrogen-bond donors (Lipinski definition) is 1. The van der Waals surface area contributed by atoms with Crippen molar-refractivity contribution in [3.05, 3.63) is 29.8 Å². The Morgan fingerprint density at radius 1 is 1.38 bits per heavy atom. The van der Waals surface area contributed by atoms with Crippen LogP contribution < -0.4 is 10.1 Å². The highest BCUT2D eigenvalue weighted by Gasteiger charge is 2.26. The number of carbonyl (C=O) groups excluding carboxylic acids is 1. The second-order valence-corrected chi connectivity index (χ2v) is 6.13. The standard InChI is InChI=1S/C18H28N2O3.ClH/c1-14(23-13-16-5-4-6-17(11-16)22-3)18(21)20-9-7-15(8-10-20)12-19-2;/h4-6,11,14-15,19H,7-10,12-13H2,1-3H3;1H. The minimum atomic E-state index is -0.415. The molecule has 1 aromatic rings. The van der Waals surface area contributed by atoms with Crippen LogP contribution in [0.1, 0.15) is 25.3 Å². The normalized spacial score (nSPS) is 16.4. The van der Waals surface area contributed by atoms with Gasteiger partial charge in [0.2, 0.25) is 0 Å². The zero-order valence-electron chi connectivity index (χ0n) is 14.8. The lowest BCUT2D eigenvalue weighted by atomic mass is 9.96. The summed E-state index contributed by atoms with van der Waals surface area (Å²) in [5, 5.41) is 3.21. The molecule has 24 heavy (non-hydrogen) atoms. The van der Waals surface area contributed by atoms with Crippen LogP contribution in [0.2, 0.25) is 0 Å². The summed E-state index contributed by atoms with van der Waals surface area (Å²) in [5.41, 5.74) is 1.01. The third kappa shape index (κ3) is 5.96. The van der Waals surface area contributed by atoms with Crippen LogP contribution in [0.4, 0.5) is 0 Å². The first-order valence-corrected chi connectivity index (χ1v) is 8.32. The van der Waals surface area contributed by atoms with E-state index in [1.165, 1.54) is 0 Å². The zero-order valence-corrected chi connectivity index (χ0v) is 15.6. The average molecular weight is 357 g/mol. The van der Waals surface area contributed by atoms with Gasteiger partial charge in [0.1, 0.15) is 11.9 Å². The lowest BCUT2D eigenvalue weighted by Gasteiger charge is -2.33. The van der Waals surface area contributed by atoms with Gasteiger partial charge in [0.15, 0.2) is 0 Å². The fourth-order valence-electron chi connectivity index (χ4n) is 2.96. The quantitative estimate of drug-likeness (QED) is 0.815. The molecule has 1 amide bonds. The molecule has 1 unspecified atom stereocenters. The van der Waals surface area contributed by atoms with Gasteiger partial charge in [0, 0.05) is 13.1 Å². The van der Waals surface area contributed by atoms with Crippen molar-refractivity contribution in [3.8, 4) is 5.75 Å². The molecule has 0 spiro atoms. The van der Waals surface area contributed by atoms with Crippen LogP contribution in [-0.2, 0) is 16.1 Å². The van der Waals surface area contributed by atoms with E-state index in [2.05, 4.69) is 5.32 Å². The Labute approximate surface area is 151 Å². The van der Waals surface area contributed by atoms with Crippen LogP contribution in [0, 0.1) is 5.92 Å². The summed E-state index contributed by atoms with van der Waals surface area (Å²) in [6, 6.07) is 7.73. The second kappa shape index (κ2) is 10.5. The van der Waals surface area contributed by atoms with Crippen molar-refractivity contribution >= 4 is 18.3 Å². The Hall–Kier alpha value is -1.30. The van der Waals surface area contributed by atoms with E-state index >= 15 is 0 Å². The molecule has 0 aromatic heterocycles. The summed E-state index contributed by atoms with van der Waals surface area (Å²) in [4.78, 5) is 14.4. The molecule has 1 aliphatic rings. The van der Waals surface area contributed by atoms with Crippen LogP contribution in [0.3, 0.4) is 0 Å². The predicted molar refractivity (Wildman–Crippen MR) is 97.7 cm³/mol. The summed E-state index contributed by atoms with van der Waals surface area (Å²) in [7, 11) is 3.62. The number of rotatable bonds is 7. The van der Waals surface area contributed by atoms with Gasteiger partial charge in [-0.3, -0.25) is 4.79 Å². The Kier molecular flexibility index (Phi) is 9.11. The topological polar surface area (TPSA) is 50.8 Å². The van der Waals surface area contributed by atoms with Gasteiger partial charge in [-0.15, -0.1) is 12.4 Å². The molecule has 2 rings (SSSR count). The van der Waals surface area contributed by atoms with Gasteiger partial charge in [-0.1, -0.05) is 12.1 Å². The van der Waals surface area contributed by atoms with Crippen LogP contribution in [0.15, 0.2) is 24.3 Å². The van der Waals surface area contributed by atoms with Crippen molar-refractivity contribution in [2.45, 2.75) is 32.5 Å². The van der Waals surface area contributed by atoms with Crippen LogP contribution >= 0.6 is 12.4 Å². The minimum Gasteiger partial charge on any atom is -0.497 e. The second-order valence-electron chi connectivity index (χ2n) is 6.13. The van der Waals surface area contributed by atoms with Crippen molar-refractivity contribution in [3.63, 3.8) is 0 Å². The highest BCUT2D eigenvalue weighted by molar-refractivity contribution is 5.85. The monoisotopic (exact) mass is 356 g/mol. The molecule has 1 saturated heterocycles. The third-order valence-electron chi connectivity index (χ3n) is 4.40. The van der Waals surface area contributed by atoms with Crippen molar-refractivity contribution in [2.75, 3.05) is 33.8 Å². The minimum absolute atomic E-state index is 0. The van der Waals surface area contributed by atoms with E-state index in [1.54, 1.807) is 7.11 Å².